The van der Waals surface area contributed by atoms with Gasteiger partial charge in [-0.05, 0) is 91.5 Å². The third-order valence-electron chi connectivity index (χ3n) is 8.15. The third kappa shape index (κ3) is 3.27. The number of nitrogens with one attached hydrogen (secondary N) is 1. The Bertz CT molecular complexity index is 1300. The van der Waals surface area contributed by atoms with Gasteiger partial charge in [0.05, 0.1) is 5.52 Å². The summed E-state index contributed by atoms with van der Waals surface area (Å²) in [5, 5.41) is 12.5. The van der Waals surface area contributed by atoms with Crippen molar-refractivity contribution in [3.05, 3.63) is 76.1 Å². The molecule has 4 fully saturated rings. The van der Waals surface area contributed by atoms with E-state index in [4.69, 9.17) is 0 Å². The second-order valence-electron chi connectivity index (χ2n) is 10.3. The zero-order valence-corrected chi connectivity index (χ0v) is 18.3. The van der Waals surface area contributed by atoms with E-state index in [0.29, 0.717) is 16.6 Å². The standard InChI is InChI=1S/C27H26N2O4/c30-24-21-3-1-2-4-23(21)29(15-22(24)25(31)32)26(33)28-20-7-5-19(6-8-20)27-12-16-9-17(13-27)11-18(10-16)14-27/h1-8,15-18H,9-14H2,(H,28,33)(H,31,32). The van der Waals surface area contributed by atoms with Crippen molar-refractivity contribution in [1.82, 2.24) is 4.57 Å². The first-order valence-corrected chi connectivity index (χ1v) is 11.7. The number of aromatic carboxylic acids is 1. The maximum atomic E-state index is 13.1. The number of amides is 1. The van der Waals surface area contributed by atoms with Gasteiger partial charge in [0, 0.05) is 17.3 Å². The molecule has 3 aromatic rings. The van der Waals surface area contributed by atoms with E-state index in [-0.39, 0.29) is 5.39 Å². The number of benzene rings is 2. The van der Waals surface area contributed by atoms with E-state index in [1.165, 1.54) is 54.7 Å². The Labute approximate surface area is 191 Å². The molecule has 6 heteroatoms. The van der Waals surface area contributed by atoms with Crippen molar-refractivity contribution in [1.29, 1.82) is 0 Å². The van der Waals surface area contributed by atoms with Crippen LogP contribution >= 0.6 is 0 Å². The van der Waals surface area contributed by atoms with Crippen molar-refractivity contribution in [2.75, 3.05) is 5.32 Å². The minimum absolute atomic E-state index is 0.199. The van der Waals surface area contributed by atoms with Gasteiger partial charge in [0.25, 0.3) is 0 Å². The highest BCUT2D eigenvalue weighted by atomic mass is 16.4. The van der Waals surface area contributed by atoms with Crippen molar-refractivity contribution >= 4 is 28.6 Å². The van der Waals surface area contributed by atoms with Gasteiger partial charge >= 0.3 is 12.0 Å². The summed E-state index contributed by atoms with van der Waals surface area (Å²) in [6.45, 7) is 0. The number of hydrogen-bond donors (Lipinski definition) is 2. The number of carboxylic acid groups (broad SMARTS) is 1. The molecule has 7 rings (SSSR count). The first-order valence-electron chi connectivity index (χ1n) is 11.7. The Hall–Kier alpha value is -3.41. The van der Waals surface area contributed by atoms with Gasteiger partial charge in [-0.2, -0.15) is 0 Å². The molecule has 33 heavy (non-hydrogen) atoms. The number of fused-ring (bicyclic) bond motifs is 1. The maximum absolute atomic E-state index is 13.1. The first kappa shape index (κ1) is 20.2. The second-order valence-corrected chi connectivity index (χ2v) is 10.3. The molecule has 0 radical (unpaired) electrons. The highest BCUT2D eigenvalue weighted by Crippen LogP contribution is 2.60. The molecule has 2 N–H and O–H groups in total. The van der Waals surface area contributed by atoms with Gasteiger partial charge in [0.2, 0.25) is 5.43 Å². The van der Waals surface area contributed by atoms with E-state index < -0.39 is 23.0 Å². The number of carboxylic acids is 1. The summed E-state index contributed by atoms with van der Waals surface area (Å²) in [4.78, 5) is 37.1. The van der Waals surface area contributed by atoms with Crippen LogP contribution in [0.25, 0.3) is 10.9 Å². The molecule has 0 spiro atoms. The smallest absolute Gasteiger partial charge is 0.341 e. The fraction of sp³-hybridized carbons (Fsp3) is 0.370. The predicted molar refractivity (Wildman–Crippen MR) is 126 cm³/mol. The second kappa shape index (κ2) is 7.30. The van der Waals surface area contributed by atoms with Crippen molar-refractivity contribution < 1.29 is 14.7 Å². The van der Waals surface area contributed by atoms with Gasteiger partial charge in [-0.25, -0.2) is 9.59 Å². The molecule has 0 aliphatic heterocycles. The summed E-state index contributed by atoms with van der Waals surface area (Å²) in [5.41, 5.74) is 1.66. The van der Waals surface area contributed by atoms with Gasteiger partial charge in [-0.1, -0.05) is 24.3 Å². The van der Waals surface area contributed by atoms with Crippen molar-refractivity contribution in [2.24, 2.45) is 17.8 Å². The molecule has 6 nitrogen and oxygen atoms in total. The van der Waals surface area contributed by atoms with Gasteiger partial charge < -0.3 is 10.4 Å². The quantitative estimate of drug-likeness (QED) is 0.580. The number of pyridine rings is 1. The summed E-state index contributed by atoms with van der Waals surface area (Å²) >= 11 is 0. The van der Waals surface area contributed by atoms with Crippen LogP contribution < -0.4 is 10.7 Å². The summed E-state index contributed by atoms with van der Waals surface area (Å²) < 4.78 is 1.20. The molecule has 1 amide bonds. The summed E-state index contributed by atoms with van der Waals surface area (Å²) in [7, 11) is 0. The van der Waals surface area contributed by atoms with Gasteiger partial charge in [0.15, 0.2) is 0 Å². The molecular weight excluding hydrogens is 416 g/mol. The molecule has 4 bridgehead atoms. The SMILES string of the molecule is O=C(O)c1cn(C(=O)Nc2ccc(C34CC5CC(CC(C5)C3)C4)cc2)c2ccccc2c1=O. The topological polar surface area (TPSA) is 88.4 Å². The summed E-state index contributed by atoms with van der Waals surface area (Å²) in [6, 6.07) is 14.2. The number of carbonyl (C=O) groups excluding carboxylic acids is 1. The van der Waals surface area contributed by atoms with E-state index in [2.05, 4.69) is 17.4 Å². The van der Waals surface area contributed by atoms with E-state index in [0.717, 1.165) is 24.0 Å². The first-order chi connectivity index (χ1) is 15.9. The molecule has 4 aliphatic rings. The lowest BCUT2D eigenvalue weighted by molar-refractivity contribution is -0.00518. The molecule has 2 aromatic carbocycles. The van der Waals surface area contributed by atoms with E-state index in [1.807, 2.05) is 12.1 Å². The average Bonchev–Trinajstić information content (AvgIpc) is 2.79. The van der Waals surface area contributed by atoms with Crippen molar-refractivity contribution in [3.63, 3.8) is 0 Å². The van der Waals surface area contributed by atoms with Crippen LogP contribution in [0.4, 0.5) is 10.5 Å². The monoisotopic (exact) mass is 442 g/mol. The molecular formula is C27H26N2O4. The van der Waals surface area contributed by atoms with E-state index in [1.54, 1.807) is 18.2 Å². The molecule has 168 valence electrons. The van der Waals surface area contributed by atoms with Crippen LogP contribution in [-0.4, -0.2) is 21.7 Å². The predicted octanol–water partition coefficient (Wildman–Crippen LogP) is 5.25. The summed E-state index contributed by atoms with van der Waals surface area (Å²) in [6.07, 6.45) is 9.16. The van der Waals surface area contributed by atoms with Gasteiger partial charge in [-0.3, -0.25) is 9.36 Å². The molecule has 1 heterocycles. The summed E-state index contributed by atoms with van der Waals surface area (Å²) in [5.74, 6) is 1.25. The van der Waals surface area contributed by atoms with Gasteiger partial charge in [0.1, 0.15) is 5.56 Å². The lowest BCUT2D eigenvalue weighted by atomic mass is 9.48. The Morgan fingerprint density at radius 2 is 1.52 bits per heavy atom. The number of hydrogen-bond acceptors (Lipinski definition) is 3. The van der Waals surface area contributed by atoms with Crippen molar-refractivity contribution in [2.45, 2.75) is 43.9 Å². The number of carbonyl (C=O) groups is 2. The zero-order valence-electron chi connectivity index (χ0n) is 18.3. The fourth-order valence-electron chi connectivity index (χ4n) is 7.15. The normalized spacial score (nSPS) is 27.6. The fourth-order valence-corrected chi connectivity index (χ4v) is 7.15. The largest absolute Gasteiger partial charge is 0.477 e. The van der Waals surface area contributed by atoms with Crippen LogP contribution in [0.5, 0.6) is 0 Å². The number of anilines is 1. The zero-order chi connectivity index (χ0) is 22.7. The van der Waals surface area contributed by atoms with Crippen molar-refractivity contribution in [3.8, 4) is 0 Å². The third-order valence-corrected chi connectivity index (χ3v) is 8.15. The van der Waals surface area contributed by atoms with Gasteiger partial charge in [-0.15, -0.1) is 0 Å². The Kier molecular flexibility index (Phi) is 4.47. The lowest BCUT2D eigenvalue weighted by Gasteiger charge is -2.57. The van der Waals surface area contributed by atoms with Crippen LogP contribution in [0, 0.1) is 17.8 Å². The molecule has 0 unspecified atom stereocenters. The maximum Gasteiger partial charge on any atom is 0.341 e. The molecule has 0 saturated heterocycles. The Morgan fingerprint density at radius 1 is 0.909 bits per heavy atom. The number of nitrogens with zero attached hydrogens (tertiary/aromatic N) is 1. The molecule has 1 aromatic heterocycles. The minimum atomic E-state index is -1.35. The number of rotatable bonds is 3. The van der Waals surface area contributed by atoms with Crippen LogP contribution in [0.3, 0.4) is 0 Å². The molecule has 0 atom stereocenters. The van der Waals surface area contributed by atoms with Crippen LogP contribution in [0.1, 0.15) is 54.4 Å². The highest BCUT2D eigenvalue weighted by molar-refractivity contribution is 6.00. The number of aromatic nitrogens is 1. The van der Waals surface area contributed by atoms with E-state index in [9.17, 15) is 19.5 Å². The molecule has 4 saturated carbocycles. The minimum Gasteiger partial charge on any atom is -0.477 e. The highest BCUT2D eigenvalue weighted by Gasteiger charge is 2.51. The van der Waals surface area contributed by atoms with Crippen LogP contribution in [0.15, 0.2) is 59.5 Å². The lowest BCUT2D eigenvalue weighted by Crippen LogP contribution is -2.48. The average molecular weight is 443 g/mol. The Morgan fingerprint density at radius 3 is 2.12 bits per heavy atom. The van der Waals surface area contributed by atoms with E-state index >= 15 is 0 Å². The number of para-hydroxylation sites is 1. The Balaban J connectivity index is 1.29. The van der Waals surface area contributed by atoms with Crippen LogP contribution in [-0.2, 0) is 5.41 Å². The molecule has 4 aliphatic carbocycles. The van der Waals surface area contributed by atoms with Crippen LogP contribution in [0.2, 0.25) is 0 Å².